The van der Waals surface area contributed by atoms with Crippen molar-refractivity contribution in [2.45, 2.75) is 18.9 Å². The molecule has 1 heterocycles. The van der Waals surface area contributed by atoms with Crippen LogP contribution in [0.1, 0.15) is 32.6 Å². The van der Waals surface area contributed by atoms with Crippen molar-refractivity contribution in [2.24, 2.45) is 0 Å². The molecule has 0 atom stereocenters. The summed E-state index contributed by atoms with van der Waals surface area (Å²) in [6.07, 6.45) is 4.85. The molecule has 0 fully saturated rings. The van der Waals surface area contributed by atoms with Crippen LogP contribution in [-0.4, -0.2) is 29.3 Å². The molecule has 4 rings (SSSR count). The number of nitrogens with zero attached hydrogens (tertiary/aromatic N) is 2. The van der Waals surface area contributed by atoms with Gasteiger partial charge in [0, 0.05) is 19.0 Å². The van der Waals surface area contributed by atoms with Gasteiger partial charge in [-0.15, -0.1) is 0 Å². The third kappa shape index (κ3) is 4.41. The number of rotatable bonds is 6. The number of carboxylic acid groups (broad SMARTS) is 1. The van der Waals surface area contributed by atoms with Crippen molar-refractivity contribution in [2.75, 3.05) is 7.11 Å². The van der Waals surface area contributed by atoms with Crippen molar-refractivity contribution in [1.29, 1.82) is 5.26 Å². The number of carboxylic acids is 1. The number of nitriles is 1. The Kier molecular flexibility index (Phi) is 5.67. The summed E-state index contributed by atoms with van der Waals surface area (Å²) in [7, 11) is 1.53. The van der Waals surface area contributed by atoms with E-state index in [1.54, 1.807) is 30.5 Å². The molecule has 6 nitrogen and oxygen atoms in total. The molecule has 3 aromatic rings. The third-order valence-electron chi connectivity index (χ3n) is 5.19. The number of ether oxygens (including phenoxy) is 2. The summed E-state index contributed by atoms with van der Waals surface area (Å²) >= 11 is 0. The topological polar surface area (TPSA) is 92.4 Å². The zero-order chi connectivity index (χ0) is 21.8. The highest BCUT2D eigenvalue weighted by Crippen LogP contribution is 2.32. The molecule has 0 saturated heterocycles. The summed E-state index contributed by atoms with van der Waals surface area (Å²) in [6, 6.07) is 18.5. The van der Waals surface area contributed by atoms with Crippen LogP contribution in [0.4, 0.5) is 0 Å². The van der Waals surface area contributed by atoms with E-state index >= 15 is 0 Å². The summed E-state index contributed by atoms with van der Waals surface area (Å²) in [5.41, 5.74) is 4.18. The van der Waals surface area contributed by atoms with Gasteiger partial charge in [0.2, 0.25) is 0 Å². The standard InChI is InChI=1S/C25H20N2O4/c1-30-24-23(31-22-12-18-5-2-3-6-19(18)13-22)10-16(15-27-24)9-21(14-26)17-7-4-8-20(11-17)25(28)29/h2-11,15,22H,12-13H2,1H3,(H,28,29). The van der Waals surface area contributed by atoms with Gasteiger partial charge in [0.1, 0.15) is 6.10 Å². The lowest BCUT2D eigenvalue weighted by Gasteiger charge is -2.15. The highest BCUT2D eigenvalue weighted by Gasteiger charge is 2.24. The number of hydrogen-bond donors (Lipinski definition) is 1. The van der Waals surface area contributed by atoms with Crippen LogP contribution in [-0.2, 0) is 12.8 Å². The number of carbonyl (C=O) groups is 1. The normalized spacial score (nSPS) is 13.4. The minimum Gasteiger partial charge on any atom is -0.484 e. The number of aromatic carboxylic acids is 1. The maximum atomic E-state index is 11.2. The van der Waals surface area contributed by atoms with Crippen LogP contribution in [0.3, 0.4) is 0 Å². The van der Waals surface area contributed by atoms with E-state index < -0.39 is 5.97 Å². The fourth-order valence-corrected chi connectivity index (χ4v) is 3.71. The van der Waals surface area contributed by atoms with Gasteiger partial charge in [-0.3, -0.25) is 0 Å². The van der Waals surface area contributed by atoms with E-state index in [1.165, 1.54) is 30.4 Å². The van der Waals surface area contributed by atoms with Crippen molar-refractivity contribution in [3.8, 4) is 17.7 Å². The lowest BCUT2D eigenvalue weighted by Crippen LogP contribution is -2.17. The van der Waals surface area contributed by atoms with Crippen LogP contribution in [0.25, 0.3) is 11.6 Å². The van der Waals surface area contributed by atoms with E-state index in [1.807, 2.05) is 12.1 Å². The van der Waals surface area contributed by atoms with Gasteiger partial charge in [-0.05, 0) is 46.5 Å². The molecular formula is C25H20N2O4. The quantitative estimate of drug-likeness (QED) is 0.604. The smallest absolute Gasteiger partial charge is 0.335 e. The number of fused-ring (bicyclic) bond motifs is 1. The fourth-order valence-electron chi connectivity index (χ4n) is 3.71. The summed E-state index contributed by atoms with van der Waals surface area (Å²) < 4.78 is 11.6. The Balaban J connectivity index is 1.62. The fraction of sp³-hybridized carbons (Fsp3) is 0.160. The lowest BCUT2D eigenvalue weighted by atomic mass is 10.0. The van der Waals surface area contributed by atoms with E-state index in [-0.39, 0.29) is 11.7 Å². The van der Waals surface area contributed by atoms with Gasteiger partial charge >= 0.3 is 5.97 Å². The van der Waals surface area contributed by atoms with Crippen molar-refractivity contribution in [1.82, 2.24) is 4.98 Å². The van der Waals surface area contributed by atoms with Crippen LogP contribution in [0.5, 0.6) is 11.6 Å². The average Bonchev–Trinajstić information content (AvgIpc) is 3.20. The molecule has 1 N–H and O–H groups in total. The third-order valence-corrected chi connectivity index (χ3v) is 5.19. The van der Waals surface area contributed by atoms with Crippen molar-refractivity contribution in [3.63, 3.8) is 0 Å². The average molecular weight is 412 g/mol. The monoisotopic (exact) mass is 412 g/mol. The van der Waals surface area contributed by atoms with Gasteiger partial charge in [-0.25, -0.2) is 9.78 Å². The van der Waals surface area contributed by atoms with E-state index in [2.05, 4.69) is 23.2 Å². The number of aromatic nitrogens is 1. The number of benzene rings is 2. The number of methoxy groups -OCH3 is 1. The first-order valence-corrected chi connectivity index (χ1v) is 9.80. The summed E-state index contributed by atoms with van der Waals surface area (Å²) in [5.74, 6) is -0.163. The molecule has 0 amide bonds. The number of allylic oxidation sites excluding steroid dienone is 1. The Bertz CT molecular complexity index is 1190. The van der Waals surface area contributed by atoms with Crippen molar-refractivity contribution >= 4 is 17.6 Å². The van der Waals surface area contributed by atoms with E-state index in [9.17, 15) is 15.2 Å². The Morgan fingerprint density at radius 2 is 1.84 bits per heavy atom. The number of pyridine rings is 1. The van der Waals surface area contributed by atoms with Crippen LogP contribution >= 0.6 is 0 Å². The molecule has 31 heavy (non-hydrogen) atoms. The maximum Gasteiger partial charge on any atom is 0.335 e. The van der Waals surface area contributed by atoms with E-state index in [0.717, 1.165) is 12.8 Å². The van der Waals surface area contributed by atoms with Gasteiger partial charge in [-0.1, -0.05) is 36.4 Å². The Hall–Kier alpha value is -4.11. The predicted molar refractivity (Wildman–Crippen MR) is 116 cm³/mol. The first kappa shape index (κ1) is 20.2. The molecule has 154 valence electrons. The van der Waals surface area contributed by atoms with E-state index in [0.29, 0.717) is 28.3 Å². The van der Waals surface area contributed by atoms with Gasteiger partial charge in [-0.2, -0.15) is 5.26 Å². The Labute approximate surface area is 180 Å². The second kappa shape index (κ2) is 8.72. The predicted octanol–water partition coefficient (Wildman–Crippen LogP) is 4.40. The van der Waals surface area contributed by atoms with Crippen LogP contribution < -0.4 is 9.47 Å². The molecule has 0 radical (unpaired) electrons. The minimum absolute atomic E-state index is 0.0185. The van der Waals surface area contributed by atoms with Gasteiger partial charge < -0.3 is 14.6 Å². The largest absolute Gasteiger partial charge is 0.484 e. The molecule has 0 aliphatic heterocycles. The highest BCUT2D eigenvalue weighted by atomic mass is 16.5. The maximum absolute atomic E-state index is 11.2. The van der Waals surface area contributed by atoms with Crippen molar-refractivity contribution < 1.29 is 19.4 Å². The van der Waals surface area contributed by atoms with Crippen molar-refractivity contribution in [3.05, 3.63) is 88.6 Å². The van der Waals surface area contributed by atoms with Gasteiger partial charge in [0.15, 0.2) is 5.75 Å². The van der Waals surface area contributed by atoms with Crippen LogP contribution in [0.2, 0.25) is 0 Å². The first-order valence-electron chi connectivity index (χ1n) is 9.80. The molecule has 0 unspecified atom stereocenters. The summed E-state index contributed by atoms with van der Waals surface area (Å²) in [6.45, 7) is 0. The first-order chi connectivity index (χ1) is 15.1. The van der Waals surface area contributed by atoms with Crippen LogP contribution in [0, 0.1) is 11.3 Å². The Morgan fingerprint density at radius 3 is 2.48 bits per heavy atom. The number of hydrogen-bond acceptors (Lipinski definition) is 5. The zero-order valence-corrected chi connectivity index (χ0v) is 16.9. The van der Waals surface area contributed by atoms with Crippen LogP contribution in [0.15, 0.2) is 60.8 Å². The summed E-state index contributed by atoms with van der Waals surface area (Å²) in [5, 5.41) is 18.8. The molecular weight excluding hydrogens is 392 g/mol. The molecule has 6 heteroatoms. The Morgan fingerprint density at radius 1 is 1.13 bits per heavy atom. The molecule has 2 aromatic carbocycles. The SMILES string of the molecule is COc1ncc(C=C(C#N)c2cccc(C(=O)O)c2)cc1OC1Cc2ccccc2C1. The lowest BCUT2D eigenvalue weighted by molar-refractivity contribution is 0.0697. The second-order valence-electron chi connectivity index (χ2n) is 7.25. The van der Waals surface area contributed by atoms with E-state index in [4.69, 9.17) is 9.47 Å². The molecule has 0 saturated carbocycles. The molecule has 1 aliphatic carbocycles. The van der Waals surface area contributed by atoms with Gasteiger partial charge in [0.05, 0.1) is 24.3 Å². The highest BCUT2D eigenvalue weighted by molar-refractivity contribution is 5.93. The summed E-state index contributed by atoms with van der Waals surface area (Å²) in [4.78, 5) is 15.6. The molecule has 1 aromatic heterocycles. The minimum atomic E-state index is -1.04. The second-order valence-corrected chi connectivity index (χ2v) is 7.25. The molecule has 1 aliphatic rings. The molecule has 0 spiro atoms. The van der Waals surface area contributed by atoms with Gasteiger partial charge in [0.25, 0.3) is 5.88 Å². The molecule has 0 bridgehead atoms. The zero-order valence-electron chi connectivity index (χ0n) is 16.9.